The Balaban J connectivity index is 1.64. The summed E-state index contributed by atoms with van der Waals surface area (Å²) in [5.74, 6) is 2.22. The Morgan fingerprint density at radius 2 is 1.64 bits per heavy atom. The number of nitrogens with one attached hydrogen (secondary N) is 2. The van der Waals surface area contributed by atoms with Crippen LogP contribution < -0.4 is 10.6 Å². The van der Waals surface area contributed by atoms with Gasteiger partial charge in [-0.2, -0.15) is 4.98 Å². The van der Waals surface area contributed by atoms with Crippen LogP contribution in [0.25, 0.3) is 0 Å². The summed E-state index contributed by atoms with van der Waals surface area (Å²) in [6, 6.07) is 21.2. The third-order valence-corrected chi connectivity index (χ3v) is 4.42. The highest BCUT2D eigenvalue weighted by molar-refractivity contribution is 5.79. The normalized spacial score (nSPS) is 11.6. The van der Waals surface area contributed by atoms with E-state index in [4.69, 9.17) is 4.52 Å². The molecule has 0 aliphatic heterocycles. The summed E-state index contributed by atoms with van der Waals surface area (Å²) in [4.78, 5) is 8.74. The predicted molar refractivity (Wildman–Crippen MR) is 111 cm³/mol. The summed E-state index contributed by atoms with van der Waals surface area (Å²) < 4.78 is 5.00. The molecule has 0 atom stereocenters. The van der Waals surface area contributed by atoms with Crippen molar-refractivity contribution in [2.24, 2.45) is 4.99 Å². The van der Waals surface area contributed by atoms with Crippen LogP contribution in [0.3, 0.4) is 0 Å². The first kappa shape index (κ1) is 19.6. The Hall–Kier alpha value is -3.15. The summed E-state index contributed by atoms with van der Waals surface area (Å²) in [6.45, 7) is 5.79. The number of nitrogens with zero attached hydrogens (tertiary/aromatic N) is 3. The number of aliphatic imine (C=N–C) groups is 1. The van der Waals surface area contributed by atoms with Crippen LogP contribution in [0.1, 0.15) is 42.1 Å². The van der Waals surface area contributed by atoms with Gasteiger partial charge in [-0.3, -0.25) is 0 Å². The van der Waals surface area contributed by atoms with Crippen LogP contribution in [0.15, 0.2) is 70.2 Å². The van der Waals surface area contributed by atoms with Crippen LogP contribution >= 0.6 is 0 Å². The Kier molecular flexibility index (Phi) is 7.18. The summed E-state index contributed by atoms with van der Waals surface area (Å²) in [5, 5.41) is 10.6. The fourth-order valence-corrected chi connectivity index (χ4v) is 3.13. The number of hydrogen-bond acceptors (Lipinski definition) is 4. The lowest BCUT2D eigenvalue weighted by Gasteiger charge is -2.19. The van der Waals surface area contributed by atoms with Crippen LogP contribution in [-0.4, -0.2) is 29.2 Å². The first-order chi connectivity index (χ1) is 13.8. The largest absolute Gasteiger partial charge is 0.357 e. The standard InChI is InChI=1S/C22H27N5O/c1-3-23-22(25-16-21-26-17(2)28-27-21)24-15-14-20(18-10-6-4-7-11-18)19-12-8-5-9-13-19/h4-13,20H,3,14-16H2,1-2H3,(H2,23,24,25). The molecule has 1 aromatic heterocycles. The zero-order valence-corrected chi connectivity index (χ0v) is 16.4. The maximum absolute atomic E-state index is 5.00. The lowest BCUT2D eigenvalue weighted by molar-refractivity contribution is 0.387. The van der Waals surface area contributed by atoms with Crippen molar-refractivity contribution in [1.29, 1.82) is 0 Å². The number of guanidine groups is 1. The lowest BCUT2D eigenvalue weighted by Crippen LogP contribution is -2.38. The van der Waals surface area contributed by atoms with Crippen LogP contribution in [0, 0.1) is 6.92 Å². The van der Waals surface area contributed by atoms with Gasteiger partial charge in [0, 0.05) is 25.9 Å². The van der Waals surface area contributed by atoms with Crippen LogP contribution in [0.5, 0.6) is 0 Å². The quantitative estimate of drug-likeness (QED) is 0.463. The van der Waals surface area contributed by atoms with Crippen LogP contribution in [0.4, 0.5) is 0 Å². The van der Waals surface area contributed by atoms with Crippen molar-refractivity contribution >= 4 is 5.96 Å². The number of aryl methyl sites for hydroxylation is 1. The highest BCUT2D eigenvalue weighted by Gasteiger charge is 2.13. The van der Waals surface area contributed by atoms with Crippen molar-refractivity contribution in [3.05, 3.63) is 83.5 Å². The fourth-order valence-electron chi connectivity index (χ4n) is 3.13. The first-order valence-corrected chi connectivity index (χ1v) is 9.67. The molecule has 6 nitrogen and oxygen atoms in total. The Labute approximate surface area is 166 Å². The maximum Gasteiger partial charge on any atom is 0.223 e. The van der Waals surface area contributed by atoms with Gasteiger partial charge in [-0.1, -0.05) is 65.8 Å². The Bertz CT molecular complexity index is 821. The molecule has 0 aliphatic carbocycles. The molecule has 2 aromatic carbocycles. The molecule has 28 heavy (non-hydrogen) atoms. The average Bonchev–Trinajstić information content (AvgIpc) is 3.16. The lowest BCUT2D eigenvalue weighted by atomic mass is 9.88. The zero-order chi connectivity index (χ0) is 19.6. The molecule has 0 saturated heterocycles. The molecule has 0 amide bonds. The van der Waals surface area contributed by atoms with Gasteiger partial charge in [0.25, 0.3) is 0 Å². The minimum atomic E-state index is 0.331. The summed E-state index contributed by atoms with van der Waals surface area (Å²) in [5.41, 5.74) is 2.64. The minimum absolute atomic E-state index is 0.331. The molecule has 6 heteroatoms. The topological polar surface area (TPSA) is 75.3 Å². The van der Waals surface area contributed by atoms with E-state index in [1.165, 1.54) is 11.1 Å². The van der Waals surface area contributed by atoms with E-state index in [9.17, 15) is 0 Å². The van der Waals surface area contributed by atoms with Crippen LogP contribution in [-0.2, 0) is 6.54 Å². The monoisotopic (exact) mass is 377 g/mol. The average molecular weight is 377 g/mol. The van der Waals surface area contributed by atoms with Crippen molar-refractivity contribution in [1.82, 2.24) is 20.8 Å². The number of rotatable bonds is 8. The molecule has 0 radical (unpaired) electrons. The van der Waals surface area contributed by atoms with Gasteiger partial charge in [-0.05, 0) is 24.5 Å². The third kappa shape index (κ3) is 5.67. The van der Waals surface area contributed by atoms with Gasteiger partial charge in [0.05, 0.1) is 0 Å². The fraction of sp³-hybridized carbons (Fsp3) is 0.318. The summed E-state index contributed by atoms with van der Waals surface area (Å²) >= 11 is 0. The van der Waals surface area contributed by atoms with E-state index in [0.29, 0.717) is 24.2 Å². The molecular weight excluding hydrogens is 350 g/mol. The second-order valence-corrected chi connectivity index (χ2v) is 6.51. The number of hydrogen-bond donors (Lipinski definition) is 2. The van der Waals surface area contributed by atoms with Gasteiger partial charge in [0.15, 0.2) is 11.8 Å². The van der Waals surface area contributed by atoms with Gasteiger partial charge < -0.3 is 15.2 Å². The SMILES string of the molecule is CCNC(=NCc1noc(C)n1)NCCC(c1ccccc1)c1ccccc1. The van der Waals surface area contributed by atoms with Crippen molar-refractivity contribution in [2.75, 3.05) is 13.1 Å². The number of benzene rings is 2. The molecule has 3 rings (SSSR count). The first-order valence-electron chi connectivity index (χ1n) is 9.67. The molecule has 0 spiro atoms. The molecule has 2 N–H and O–H groups in total. The van der Waals surface area contributed by atoms with Gasteiger partial charge in [0.1, 0.15) is 6.54 Å². The molecule has 0 saturated carbocycles. The van der Waals surface area contributed by atoms with E-state index in [2.05, 4.69) is 86.4 Å². The zero-order valence-electron chi connectivity index (χ0n) is 16.4. The van der Waals surface area contributed by atoms with Crippen LogP contribution in [0.2, 0.25) is 0 Å². The van der Waals surface area contributed by atoms with E-state index in [0.717, 1.165) is 25.5 Å². The molecule has 0 unspecified atom stereocenters. The molecule has 3 aromatic rings. The van der Waals surface area contributed by atoms with Gasteiger partial charge >= 0.3 is 0 Å². The maximum atomic E-state index is 5.00. The third-order valence-electron chi connectivity index (χ3n) is 4.42. The molecule has 0 aliphatic rings. The van der Waals surface area contributed by atoms with Crippen molar-refractivity contribution in [3.8, 4) is 0 Å². The van der Waals surface area contributed by atoms with E-state index < -0.39 is 0 Å². The highest BCUT2D eigenvalue weighted by Crippen LogP contribution is 2.27. The summed E-state index contributed by atoms with van der Waals surface area (Å²) in [6.07, 6.45) is 0.958. The Morgan fingerprint density at radius 1 is 1.00 bits per heavy atom. The molecule has 1 heterocycles. The molecule has 0 fully saturated rings. The second kappa shape index (κ2) is 10.3. The van der Waals surface area contributed by atoms with Crippen molar-refractivity contribution < 1.29 is 4.52 Å². The smallest absolute Gasteiger partial charge is 0.223 e. The summed E-state index contributed by atoms with van der Waals surface area (Å²) in [7, 11) is 0. The molecular formula is C22H27N5O. The van der Waals surface area contributed by atoms with Crippen molar-refractivity contribution in [2.45, 2.75) is 32.7 Å². The Morgan fingerprint density at radius 3 is 2.18 bits per heavy atom. The van der Waals surface area contributed by atoms with E-state index in [-0.39, 0.29) is 0 Å². The van der Waals surface area contributed by atoms with Gasteiger partial charge in [-0.15, -0.1) is 0 Å². The number of aromatic nitrogens is 2. The van der Waals surface area contributed by atoms with E-state index in [1.807, 2.05) is 6.92 Å². The van der Waals surface area contributed by atoms with Gasteiger partial charge in [0.2, 0.25) is 5.89 Å². The highest BCUT2D eigenvalue weighted by atomic mass is 16.5. The van der Waals surface area contributed by atoms with E-state index >= 15 is 0 Å². The van der Waals surface area contributed by atoms with Gasteiger partial charge in [-0.25, -0.2) is 4.99 Å². The second-order valence-electron chi connectivity index (χ2n) is 6.51. The van der Waals surface area contributed by atoms with E-state index in [1.54, 1.807) is 6.92 Å². The molecule has 146 valence electrons. The minimum Gasteiger partial charge on any atom is -0.357 e. The molecule has 0 bridgehead atoms. The predicted octanol–water partition coefficient (Wildman–Crippen LogP) is 3.66. The van der Waals surface area contributed by atoms with Crippen molar-refractivity contribution in [3.63, 3.8) is 0 Å².